The standard InChI is InChI=1S/C14H16O2/c1-10-6-8-11(9-7-10)14(16)12-4-2-3-5-13(12)15/h4,6-9,13,15H,2-3,5H2,1H3/t13-/m0/s1. The van der Waals surface area contributed by atoms with Gasteiger partial charge >= 0.3 is 0 Å². The summed E-state index contributed by atoms with van der Waals surface area (Å²) in [6.45, 7) is 1.99. The molecule has 0 bridgehead atoms. The molecule has 1 aliphatic carbocycles. The number of hydrogen-bond donors (Lipinski definition) is 1. The third-order valence-corrected chi connectivity index (χ3v) is 2.98. The van der Waals surface area contributed by atoms with Crippen LogP contribution in [0.5, 0.6) is 0 Å². The Morgan fingerprint density at radius 1 is 1.31 bits per heavy atom. The number of Topliss-reactive ketones (excluding diaryl/α,β-unsaturated/α-hetero) is 1. The van der Waals surface area contributed by atoms with E-state index in [9.17, 15) is 9.90 Å². The van der Waals surface area contributed by atoms with Gasteiger partial charge in [0.05, 0.1) is 6.10 Å². The smallest absolute Gasteiger partial charge is 0.191 e. The Labute approximate surface area is 95.6 Å². The predicted octanol–water partition coefficient (Wildman–Crippen LogP) is 2.65. The Balaban J connectivity index is 2.24. The fraction of sp³-hybridized carbons (Fsp3) is 0.357. The number of aliphatic hydroxyl groups excluding tert-OH is 1. The highest BCUT2D eigenvalue weighted by Crippen LogP contribution is 2.22. The number of ketones is 1. The van der Waals surface area contributed by atoms with E-state index in [0.717, 1.165) is 18.4 Å². The number of aryl methyl sites for hydroxylation is 1. The number of aliphatic hydroxyl groups is 1. The molecule has 2 rings (SSSR count). The molecule has 0 aromatic heterocycles. The van der Waals surface area contributed by atoms with Crippen molar-refractivity contribution in [2.45, 2.75) is 32.3 Å². The number of allylic oxidation sites excluding steroid dienone is 1. The molecule has 1 aromatic carbocycles. The van der Waals surface area contributed by atoms with E-state index in [1.54, 1.807) is 0 Å². The molecule has 2 nitrogen and oxygen atoms in total. The first-order chi connectivity index (χ1) is 7.68. The summed E-state index contributed by atoms with van der Waals surface area (Å²) >= 11 is 0. The van der Waals surface area contributed by atoms with Gasteiger partial charge in [-0.25, -0.2) is 0 Å². The molecule has 84 valence electrons. The van der Waals surface area contributed by atoms with Crippen LogP contribution in [0, 0.1) is 6.92 Å². The van der Waals surface area contributed by atoms with Gasteiger partial charge in [-0.3, -0.25) is 4.79 Å². The Hall–Kier alpha value is -1.41. The van der Waals surface area contributed by atoms with Crippen LogP contribution in [0.4, 0.5) is 0 Å². The minimum Gasteiger partial charge on any atom is -0.388 e. The maximum atomic E-state index is 12.1. The maximum Gasteiger partial charge on any atom is 0.191 e. The van der Waals surface area contributed by atoms with Crippen molar-refractivity contribution >= 4 is 5.78 Å². The molecule has 0 spiro atoms. The maximum absolute atomic E-state index is 12.1. The molecule has 1 N–H and O–H groups in total. The molecular formula is C14H16O2. The van der Waals surface area contributed by atoms with E-state index in [4.69, 9.17) is 0 Å². The molecule has 2 heteroatoms. The van der Waals surface area contributed by atoms with Crippen LogP contribution in [0.3, 0.4) is 0 Å². The minimum atomic E-state index is -0.581. The molecule has 0 saturated carbocycles. The zero-order chi connectivity index (χ0) is 11.5. The van der Waals surface area contributed by atoms with Crippen molar-refractivity contribution in [3.8, 4) is 0 Å². The van der Waals surface area contributed by atoms with Crippen LogP contribution in [0.15, 0.2) is 35.9 Å². The van der Waals surface area contributed by atoms with Crippen LogP contribution in [0.2, 0.25) is 0 Å². The van der Waals surface area contributed by atoms with Gasteiger partial charge < -0.3 is 5.11 Å². The van der Waals surface area contributed by atoms with E-state index < -0.39 is 6.10 Å². The lowest BCUT2D eigenvalue weighted by molar-refractivity contribution is 0.0975. The summed E-state index contributed by atoms with van der Waals surface area (Å²) in [5, 5.41) is 9.77. The van der Waals surface area contributed by atoms with Gasteiger partial charge in [-0.1, -0.05) is 35.9 Å². The van der Waals surface area contributed by atoms with Gasteiger partial charge in [0.2, 0.25) is 0 Å². The lowest BCUT2D eigenvalue weighted by Crippen LogP contribution is -2.20. The van der Waals surface area contributed by atoms with E-state index in [1.807, 2.05) is 37.3 Å². The monoisotopic (exact) mass is 216 g/mol. The third-order valence-electron chi connectivity index (χ3n) is 2.98. The SMILES string of the molecule is Cc1ccc(C(=O)C2=CCCC[C@@H]2O)cc1. The van der Waals surface area contributed by atoms with E-state index in [2.05, 4.69) is 0 Å². The fourth-order valence-electron chi connectivity index (χ4n) is 1.98. The average molecular weight is 216 g/mol. The highest BCUT2D eigenvalue weighted by molar-refractivity contribution is 6.09. The molecule has 0 heterocycles. The summed E-state index contributed by atoms with van der Waals surface area (Å²) in [5.41, 5.74) is 2.36. The zero-order valence-corrected chi connectivity index (χ0v) is 9.44. The van der Waals surface area contributed by atoms with Crippen molar-refractivity contribution in [3.63, 3.8) is 0 Å². The first-order valence-electron chi connectivity index (χ1n) is 5.68. The molecule has 1 aliphatic rings. The van der Waals surface area contributed by atoms with Crippen molar-refractivity contribution in [2.24, 2.45) is 0 Å². The lowest BCUT2D eigenvalue weighted by Gasteiger charge is -2.18. The van der Waals surface area contributed by atoms with Crippen molar-refractivity contribution in [1.82, 2.24) is 0 Å². The quantitative estimate of drug-likeness (QED) is 0.772. The van der Waals surface area contributed by atoms with Gasteiger partial charge in [-0.15, -0.1) is 0 Å². The average Bonchev–Trinajstić information content (AvgIpc) is 2.30. The molecule has 0 fully saturated rings. The first-order valence-corrected chi connectivity index (χ1v) is 5.68. The Kier molecular flexibility index (Phi) is 3.20. The molecule has 16 heavy (non-hydrogen) atoms. The second-order valence-electron chi connectivity index (χ2n) is 4.30. The van der Waals surface area contributed by atoms with Crippen LogP contribution >= 0.6 is 0 Å². The van der Waals surface area contributed by atoms with Crippen LogP contribution in [-0.2, 0) is 0 Å². The van der Waals surface area contributed by atoms with Gasteiger partial charge in [-0.05, 0) is 26.2 Å². The van der Waals surface area contributed by atoms with Crippen molar-refractivity contribution < 1.29 is 9.90 Å². The van der Waals surface area contributed by atoms with Gasteiger partial charge in [0.25, 0.3) is 0 Å². The number of carbonyl (C=O) groups excluding carboxylic acids is 1. The van der Waals surface area contributed by atoms with Gasteiger partial charge in [-0.2, -0.15) is 0 Å². The van der Waals surface area contributed by atoms with E-state index >= 15 is 0 Å². The summed E-state index contributed by atoms with van der Waals surface area (Å²) in [6.07, 6.45) is 3.85. The highest BCUT2D eigenvalue weighted by Gasteiger charge is 2.21. The predicted molar refractivity (Wildman–Crippen MR) is 63.5 cm³/mol. The van der Waals surface area contributed by atoms with Crippen LogP contribution in [0.25, 0.3) is 0 Å². The first kappa shape index (κ1) is 11.1. The molecule has 1 aromatic rings. The summed E-state index contributed by atoms with van der Waals surface area (Å²) in [7, 11) is 0. The second-order valence-corrected chi connectivity index (χ2v) is 4.30. The number of carbonyl (C=O) groups is 1. The summed E-state index contributed by atoms with van der Waals surface area (Å²) in [4.78, 5) is 12.1. The largest absolute Gasteiger partial charge is 0.388 e. The van der Waals surface area contributed by atoms with E-state index in [-0.39, 0.29) is 5.78 Å². The van der Waals surface area contributed by atoms with E-state index in [0.29, 0.717) is 17.6 Å². The van der Waals surface area contributed by atoms with Crippen LogP contribution < -0.4 is 0 Å². The molecule has 0 amide bonds. The Bertz CT molecular complexity index is 415. The summed E-state index contributed by atoms with van der Waals surface area (Å²) in [5.74, 6) is -0.0350. The molecule has 0 radical (unpaired) electrons. The minimum absolute atomic E-state index is 0.0350. The van der Waals surface area contributed by atoms with Gasteiger partial charge in [0.15, 0.2) is 5.78 Å². The molecular weight excluding hydrogens is 200 g/mol. The molecule has 0 aliphatic heterocycles. The summed E-state index contributed by atoms with van der Waals surface area (Å²) in [6, 6.07) is 7.48. The third kappa shape index (κ3) is 2.22. The molecule has 0 unspecified atom stereocenters. The zero-order valence-electron chi connectivity index (χ0n) is 9.44. The molecule has 1 atom stereocenters. The van der Waals surface area contributed by atoms with Gasteiger partial charge in [0, 0.05) is 11.1 Å². The topological polar surface area (TPSA) is 37.3 Å². The normalized spacial score (nSPS) is 20.4. The van der Waals surface area contributed by atoms with Crippen molar-refractivity contribution in [3.05, 3.63) is 47.0 Å². The van der Waals surface area contributed by atoms with Crippen molar-refractivity contribution in [1.29, 1.82) is 0 Å². The number of hydrogen-bond acceptors (Lipinski definition) is 2. The Morgan fingerprint density at radius 2 is 2.00 bits per heavy atom. The van der Waals surface area contributed by atoms with E-state index in [1.165, 1.54) is 0 Å². The number of rotatable bonds is 2. The number of benzene rings is 1. The fourth-order valence-corrected chi connectivity index (χ4v) is 1.98. The van der Waals surface area contributed by atoms with Gasteiger partial charge in [0.1, 0.15) is 0 Å². The lowest BCUT2D eigenvalue weighted by atomic mass is 9.90. The second kappa shape index (κ2) is 4.62. The van der Waals surface area contributed by atoms with Crippen LogP contribution in [0.1, 0.15) is 35.2 Å². The Morgan fingerprint density at radius 3 is 2.62 bits per heavy atom. The highest BCUT2D eigenvalue weighted by atomic mass is 16.3. The van der Waals surface area contributed by atoms with Crippen LogP contribution in [-0.4, -0.2) is 17.0 Å². The van der Waals surface area contributed by atoms with Crippen molar-refractivity contribution in [2.75, 3.05) is 0 Å². The molecule has 0 saturated heterocycles. The summed E-state index contributed by atoms with van der Waals surface area (Å²) < 4.78 is 0.